The largest absolute Gasteiger partial charge is 0.456 e. The average Bonchev–Trinajstić information content (AvgIpc) is 3.95. The van der Waals surface area contributed by atoms with Crippen LogP contribution in [0, 0.1) is 0 Å². The molecule has 0 spiro atoms. The molecular weight excluding hydrogens is 821 g/mol. The summed E-state index contributed by atoms with van der Waals surface area (Å²) in [6.45, 7) is 9.62. The molecule has 0 aliphatic heterocycles. The molecule has 68 heavy (non-hydrogen) atoms. The molecule has 0 unspecified atom stereocenters. The van der Waals surface area contributed by atoms with Crippen LogP contribution < -0.4 is 0 Å². The second-order valence-corrected chi connectivity index (χ2v) is 20.1. The molecule has 1 aromatic heterocycles. The molecule has 2 aliphatic rings. The average molecular weight is 871 g/mol. The number of rotatable bonds is 7. The van der Waals surface area contributed by atoms with E-state index in [9.17, 15) is 0 Å². The summed E-state index contributed by atoms with van der Waals surface area (Å²) in [7, 11) is 0. The highest BCUT2D eigenvalue weighted by molar-refractivity contribution is 6.06. The molecule has 1 nitrogen and oxygen atoms in total. The predicted octanol–water partition coefficient (Wildman–Crippen LogP) is 18.0. The van der Waals surface area contributed by atoms with Crippen LogP contribution in [0.1, 0.15) is 72.6 Å². The summed E-state index contributed by atoms with van der Waals surface area (Å²) in [4.78, 5) is 0. The number of furan rings is 1. The molecule has 11 aromatic rings. The van der Waals surface area contributed by atoms with Crippen LogP contribution in [0.15, 0.2) is 229 Å². The Balaban J connectivity index is 0.883. The molecule has 0 N–H and O–H groups in total. The van der Waals surface area contributed by atoms with Gasteiger partial charge in [-0.25, -0.2) is 0 Å². The molecule has 0 fully saturated rings. The molecule has 324 valence electrons. The molecule has 0 amide bonds. The molecule has 13 rings (SSSR count). The normalized spacial score (nSPS) is 14.0. The minimum Gasteiger partial charge on any atom is -0.456 e. The number of benzene rings is 10. The van der Waals surface area contributed by atoms with E-state index in [1.165, 1.54) is 106 Å². The lowest BCUT2D eigenvalue weighted by Gasteiger charge is -2.26. The molecule has 1 heterocycles. The molecular formula is C67H50O. The van der Waals surface area contributed by atoms with Gasteiger partial charge in [0, 0.05) is 27.5 Å². The summed E-state index contributed by atoms with van der Waals surface area (Å²) in [5.74, 6) is 0.0229. The quantitative estimate of drug-likeness (QED) is 0.145. The van der Waals surface area contributed by atoms with E-state index in [4.69, 9.17) is 4.42 Å². The maximum Gasteiger partial charge on any atom is 0.135 e. The maximum atomic E-state index is 6.12. The lowest BCUT2D eigenvalue weighted by molar-refractivity contribution is 0.657. The van der Waals surface area contributed by atoms with Gasteiger partial charge in [0.05, 0.1) is 0 Å². The first-order chi connectivity index (χ1) is 33.2. The van der Waals surface area contributed by atoms with Crippen molar-refractivity contribution < 1.29 is 4.42 Å². The van der Waals surface area contributed by atoms with Crippen LogP contribution in [0.4, 0.5) is 0 Å². The van der Waals surface area contributed by atoms with Crippen molar-refractivity contribution in [2.45, 2.75) is 44.4 Å². The molecule has 1 heteroatoms. The minimum absolute atomic E-state index is 0.0229. The molecule has 0 saturated heterocycles. The fourth-order valence-electron chi connectivity index (χ4n) is 11.7. The van der Waals surface area contributed by atoms with E-state index in [0.717, 1.165) is 21.9 Å². The van der Waals surface area contributed by atoms with Crippen LogP contribution in [0.2, 0.25) is 0 Å². The van der Waals surface area contributed by atoms with Crippen molar-refractivity contribution in [1.82, 2.24) is 0 Å². The van der Waals surface area contributed by atoms with Crippen molar-refractivity contribution in [2.24, 2.45) is 0 Å². The van der Waals surface area contributed by atoms with Gasteiger partial charge in [0.1, 0.15) is 11.2 Å². The van der Waals surface area contributed by atoms with E-state index >= 15 is 0 Å². The van der Waals surface area contributed by atoms with E-state index in [1.807, 2.05) is 12.1 Å². The number of fused-ring (bicyclic) bond motifs is 9. The summed E-state index contributed by atoms with van der Waals surface area (Å²) >= 11 is 0. The lowest BCUT2D eigenvalue weighted by atomic mass is 9.77. The Bertz CT molecular complexity index is 3600. The second-order valence-electron chi connectivity index (χ2n) is 20.1. The number of hydrogen-bond acceptors (Lipinski definition) is 1. The van der Waals surface area contributed by atoms with Crippen molar-refractivity contribution >= 4 is 21.9 Å². The van der Waals surface area contributed by atoms with Gasteiger partial charge >= 0.3 is 0 Å². The van der Waals surface area contributed by atoms with Crippen molar-refractivity contribution in [3.63, 3.8) is 0 Å². The lowest BCUT2D eigenvalue weighted by Crippen LogP contribution is -2.17. The van der Waals surface area contributed by atoms with E-state index < -0.39 is 0 Å². The van der Waals surface area contributed by atoms with Gasteiger partial charge in [0.15, 0.2) is 0 Å². The Morgan fingerprint density at radius 3 is 1.16 bits per heavy atom. The zero-order chi connectivity index (χ0) is 45.7. The monoisotopic (exact) mass is 870 g/mol. The van der Waals surface area contributed by atoms with Gasteiger partial charge in [-0.2, -0.15) is 0 Å². The Morgan fingerprint density at radius 1 is 0.279 bits per heavy atom. The molecule has 2 aliphatic carbocycles. The Kier molecular flexibility index (Phi) is 9.05. The standard InChI is InChI=1S/C67H50O/c1-66(2)59-38-49(42-13-7-5-8-14-42)27-32-53(59)55-34-29-51(40-61(55)66)65(52-30-35-56-54-33-28-50(43-15-9-6-10-16-43)39-60(54)67(3,4)62(56)41-52)47-25-23-45(24-26-47)44-19-21-46(22-20-44)48-31-36-64-58(37-48)57-17-11-12-18-63(57)68-64/h5-41,65H,1-4H3. The fraction of sp³-hybridized carbons (Fsp3) is 0.104. The van der Waals surface area contributed by atoms with Gasteiger partial charge in [0.25, 0.3) is 0 Å². The van der Waals surface area contributed by atoms with Crippen LogP contribution in [0.3, 0.4) is 0 Å². The van der Waals surface area contributed by atoms with Crippen molar-refractivity contribution in [1.29, 1.82) is 0 Å². The van der Waals surface area contributed by atoms with Crippen molar-refractivity contribution in [3.05, 3.63) is 263 Å². The van der Waals surface area contributed by atoms with Crippen LogP contribution >= 0.6 is 0 Å². The fourth-order valence-corrected chi connectivity index (χ4v) is 11.7. The third-order valence-corrected chi connectivity index (χ3v) is 15.5. The van der Waals surface area contributed by atoms with Crippen LogP contribution in [-0.2, 0) is 10.8 Å². The van der Waals surface area contributed by atoms with Crippen LogP contribution in [0.5, 0.6) is 0 Å². The van der Waals surface area contributed by atoms with Crippen molar-refractivity contribution in [2.75, 3.05) is 0 Å². The first-order valence-electron chi connectivity index (χ1n) is 24.0. The van der Waals surface area contributed by atoms with Crippen LogP contribution in [0.25, 0.3) is 88.7 Å². The van der Waals surface area contributed by atoms with E-state index in [0.29, 0.717) is 0 Å². The highest BCUT2D eigenvalue weighted by Crippen LogP contribution is 2.53. The van der Waals surface area contributed by atoms with E-state index in [2.05, 4.69) is 240 Å². The summed E-state index contributed by atoms with van der Waals surface area (Å²) in [5.41, 5.74) is 26.1. The predicted molar refractivity (Wildman–Crippen MR) is 284 cm³/mol. The third kappa shape index (κ3) is 6.37. The topological polar surface area (TPSA) is 13.1 Å². The third-order valence-electron chi connectivity index (χ3n) is 15.5. The summed E-state index contributed by atoms with van der Waals surface area (Å²) in [6.07, 6.45) is 0. The van der Waals surface area contributed by atoms with Gasteiger partial charge in [-0.3, -0.25) is 0 Å². The summed E-state index contributed by atoms with van der Waals surface area (Å²) in [6, 6.07) is 83.5. The van der Waals surface area contributed by atoms with Gasteiger partial charge in [-0.15, -0.1) is 0 Å². The minimum atomic E-state index is -0.165. The Morgan fingerprint density at radius 2 is 0.632 bits per heavy atom. The van der Waals surface area contributed by atoms with Gasteiger partial charge in [0.2, 0.25) is 0 Å². The molecule has 0 atom stereocenters. The molecule has 0 saturated carbocycles. The first-order valence-corrected chi connectivity index (χ1v) is 24.0. The highest BCUT2D eigenvalue weighted by atomic mass is 16.3. The zero-order valence-electron chi connectivity index (χ0n) is 38.8. The Labute approximate surface area is 399 Å². The molecule has 0 radical (unpaired) electrons. The summed E-state index contributed by atoms with van der Waals surface area (Å²) < 4.78 is 6.12. The van der Waals surface area contributed by atoms with E-state index in [1.54, 1.807) is 0 Å². The number of hydrogen-bond donors (Lipinski definition) is 0. The zero-order valence-corrected chi connectivity index (χ0v) is 38.8. The Hall–Kier alpha value is -8.00. The van der Waals surface area contributed by atoms with Gasteiger partial charge in [-0.1, -0.05) is 222 Å². The first kappa shape index (κ1) is 40.3. The highest BCUT2D eigenvalue weighted by Gasteiger charge is 2.38. The smallest absolute Gasteiger partial charge is 0.135 e. The van der Waals surface area contributed by atoms with Gasteiger partial charge < -0.3 is 4.42 Å². The van der Waals surface area contributed by atoms with Crippen LogP contribution in [-0.4, -0.2) is 0 Å². The number of para-hydroxylation sites is 1. The SMILES string of the molecule is CC1(C)c2cc(-c3ccccc3)ccc2-c2ccc(C(c3ccc(-c4ccc(-c5ccc6oc7ccccc7c6c5)cc4)cc3)c3ccc4c(c3)C(C)(C)c3cc(-c5ccccc5)ccc3-4)cc21. The maximum absolute atomic E-state index is 6.12. The summed E-state index contributed by atoms with van der Waals surface area (Å²) in [5, 5.41) is 2.30. The second kappa shape index (κ2) is 15.3. The molecule has 0 bridgehead atoms. The van der Waals surface area contributed by atoms with E-state index in [-0.39, 0.29) is 16.7 Å². The van der Waals surface area contributed by atoms with Gasteiger partial charge in [-0.05, 0) is 136 Å². The van der Waals surface area contributed by atoms with Crippen molar-refractivity contribution in [3.8, 4) is 66.8 Å². The molecule has 10 aromatic carbocycles.